The van der Waals surface area contributed by atoms with Gasteiger partial charge in [0.1, 0.15) is 17.2 Å². The topological polar surface area (TPSA) is 127 Å². The second kappa shape index (κ2) is 11.6. The molecule has 0 saturated carbocycles. The molecular weight excluding hydrogens is 440 g/mol. The maximum atomic E-state index is 12.2. The van der Waals surface area contributed by atoms with E-state index in [1.807, 2.05) is 0 Å². The molecule has 11 heteroatoms. The SMILES string of the molecule is COc1ccc(OC)c(NC(=O)C(=O)N/N=C(/C)CC(=O)Nc2cc(Cl)ccc2OC)c1. The molecule has 2 aromatic carbocycles. The van der Waals surface area contributed by atoms with Gasteiger partial charge in [0, 0.05) is 16.8 Å². The van der Waals surface area contributed by atoms with Crippen LogP contribution in [0.4, 0.5) is 11.4 Å². The largest absolute Gasteiger partial charge is 0.497 e. The number of amides is 3. The zero-order valence-corrected chi connectivity index (χ0v) is 18.7. The molecule has 0 aliphatic heterocycles. The lowest BCUT2D eigenvalue weighted by Gasteiger charge is -2.11. The van der Waals surface area contributed by atoms with Gasteiger partial charge in [-0.2, -0.15) is 5.10 Å². The molecule has 0 aromatic heterocycles. The fraction of sp³-hybridized carbons (Fsp3) is 0.238. The van der Waals surface area contributed by atoms with Crippen LogP contribution < -0.4 is 30.3 Å². The minimum atomic E-state index is -1.02. The van der Waals surface area contributed by atoms with Crippen molar-refractivity contribution >= 4 is 46.4 Å². The first kappa shape index (κ1) is 24.5. The number of carbonyl (C=O) groups is 3. The number of benzene rings is 2. The molecule has 0 fully saturated rings. The summed E-state index contributed by atoms with van der Waals surface area (Å²) in [6.45, 7) is 1.53. The monoisotopic (exact) mass is 462 g/mol. The summed E-state index contributed by atoms with van der Waals surface area (Å²) in [5, 5.41) is 9.29. The van der Waals surface area contributed by atoms with Gasteiger partial charge in [-0.1, -0.05) is 11.6 Å². The van der Waals surface area contributed by atoms with E-state index in [0.29, 0.717) is 28.0 Å². The number of ether oxygens (including phenoxy) is 3. The first-order chi connectivity index (χ1) is 15.3. The number of methoxy groups -OCH3 is 3. The van der Waals surface area contributed by atoms with Gasteiger partial charge in [-0.05, 0) is 37.3 Å². The molecule has 0 unspecified atom stereocenters. The number of anilines is 2. The molecule has 32 heavy (non-hydrogen) atoms. The van der Waals surface area contributed by atoms with Crippen molar-refractivity contribution in [2.45, 2.75) is 13.3 Å². The Morgan fingerprint density at radius 2 is 1.50 bits per heavy atom. The molecule has 3 N–H and O–H groups in total. The maximum Gasteiger partial charge on any atom is 0.329 e. The number of carbonyl (C=O) groups excluding carboxylic acids is 3. The van der Waals surface area contributed by atoms with Crippen LogP contribution in [-0.2, 0) is 14.4 Å². The fourth-order valence-corrected chi connectivity index (χ4v) is 2.70. The summed E-state index contributed by atoms with van der Waals surface area (Å²) in [6, 6.07) is 9.53. The molecule has 10 nitrogen and oxygen atoms in total. The highest BCUT2D eigenvalue weighted by atomic mass is 35.5. The quantitative estimate of drug-likeness (QED) is 0.314. The smallest absolute Gasteiger partial charge is 0.329 e. The van der Waals surface area contributed by atoms with Gasteiger partial charge in [-0.3, -0.25) is 14.4 Å². The molecule has 0 spiro atoms. The summed E-state index contributed by atoms with van der Waals surface area (Å²) in [5.74, 6) is -1.15. The van der Waals surface area contributed by atoms with Crippen molar-refractivity contribution in [2.75, 3.05) is 32.0 Å². The van der Waals surface area contributed by atoms with Crippen molar-refractivity contribution in [1.29, 1.82) is 0 Å². The minimum Gasteiger partial charge on any atom is -0.497 e. The highest BCUT2D eigenvalue weighted by Gasteiger charge is 2.17. The molecule has 0 bridgehead atoms. The Balaban J connectivity index is 1.95. The van der Waals surface area contributed by atoms with E-state index in [2.05, 4.69) is 21.2 Å². The van der Waals surface area contributed by atoms with Crippen molar-refractivity contribution in [3.63, 3.8) is 0 Å². The Bertz CT molecular complexity index is 1040. The Morgan fingerprint density at radius 1 is 0.875 bits per heavy atom. The van der Waals surface area contributed by atoms with Crippen molar-refractivity contribution in [2.24, 2.45) is 5.10 Å². The third kappa shape index (κ3) is 6.88. The molecular formula is C21H23ClN4O6. The fourth-order valence-electron chi connectivity index (χ4n) is 2.53. The number of hydrazone groups is 1. The van der Waals surface area contributed by atoms with Crippen LogP contribution in [0, 0.1) is 0 Å². The van der Waals surface area contributed by atoms with Gasteiger partial charge in [-0.15, -0.1) is 0 Å². The van der Waals surface area contributed by atoms with Gasteiger partial charge in [-0.25, -0.2) is 5.43 Å². The molecule has 3 amide bonds. The number of hydrogen-bond acceptors (Lipinski definition) is 7. The predicted octanol–water partition coefficient (Wildman–Crippen LogP) is 2.83. The number of hydrogen-bond donors (Lipinski definition) is 3. The number of rotatable bonds is 8. The molecule has 0 atom stereocenters. The minimum absolute atomic E-state index is 0.138. The van der Waals surface area contributed by atoms with E-state index in [0.717, 1.165) is 0 Å². The summed E-state index contributed by atoms with van der Waals surface area (Å²) < 4.78 is 15.4. The van der Waals surface area contributed by atoms with Gasteiger partial charge in [0.2, 0.25) is 5.91 Å². The van der Waals surface area contributed by atoms with Crippen LogP contribution >= 0.6 is 11.6 Å². The highest BCUT2D eigenvalue weighted by Crippen LogP contribution is 2.29. The molecule has 0 radical (unpaired) electrons. The standard InChI is InChI=1S/C21H23ClN4O6/c1-12(9-19(27)23-15-10-13(22)5-7-17(15)31-3)25-26-21(29)20(28)24-16-11-14(30-2)6-8-18(16)32-4/h5-8,10-11H,9H2,1-4H3,(H,23,27)(H,24,28)(H,26,29)/b25-12-. The average Bonchev–Trinajstić information content (AvgIpc) is 2.77. The molecule has 0 saturated heterocycles. The van der Waals surface area contributed by atoms with Crippen molar-refractivity contribution in [1.82, 2.24) is 5.43 Å². The number of nitrogens with one attached hydrogen (secondary N) is 3. The van der Waals surface area contributed by atoms with E-state index in [9.17, 15) is 14.4 Å². The van der Waals surface area contributed by atoms with Gasteiger partial charge < -0.3 is 24.8 Å². The second-order valence-corrected chi connectivity index (χ2v) is 6.81. The van der Waals surface area contributed by atoms with E-state index in [1.165, 1.54) is 34.3 Å². The maximum absolute atomic E-state index is 12.2. The van der Waals surface area contributed by atoms with Crippen molar-refractivity contribution < 1.29 is 28.6 Å². The summed E-state index contributed by atoms with van der Waals surface area (Å²) in [7, 11) is 4.36. The van der Waals surface area contributed by atoms with E-state index in [1.54, 1.807) is 30.3 Å². The van der Waals surface area contributed by atoms with Crippen LogP contribution in [-0.4, -0.2) is 44.8 Å². The van der Waals surface area contributed by atoms with Crippen molar-refractivity contribution in [3.05, 3.63) is 41.4 Å². The first-order valence-electron chi connectivity index (χ1n) is 9.27. The van der Waals surface area contributed by atoms with Crippen LogP contribution in [0.15, 0.2) is 41.5 Å². The molecule has 170 valence electrons. The summed E-state index contributed by atoms with van der Waals surface area (Å²) in [4.78, 5) is 36.5. The first-order valence-corrected chi connectivity index (χ1v) is 9.65. The molecule has 2 rings (SSSR count). The third-order valence-corrected chi connectivity index (χ3v) is 4.30. The third-order valence-electron chi connectivity index (χ3n) is 4.06. The summed E-state index contributed by atoms with van der Waals surface area (Å²) in [6.07, 6.45) is -0.138. The Hall–Kier alpha value is -3.79. The molecule has 0 aliphatic rings. The van der Waals surface area contributed by atoms with E-state index in [-0.39, 0.29) is 17.8 Å². The van der Waals surface area contributed by atoms with Crippen LogP contribution in [0.3, 0.4) is 0 Å². The lowest BCUT2D eigenvalue weighted by atomic mass is 10.2. The highest BCUT2D eigenvalue weighted by molar-refractivity contribution is 6.39. The van der Waals surface area contributed by atoms with Gasteiger partial charge in [0.05, 0.1) is 39.1 Å². The Morgan fingerprint density at radius 3 is 2.12 bits per heavy atom. The van der Waals surface area contributed by atoms with Crippen molar-refractivity contribution in [3.8, 4) is 17.2 Å². The van der Waals surface area contributed by atoms with Crippen LogP contribution in [0.2, 0.25) is 5.02 Å². The predicted molar refractivity (Wildman–Crippen MR) is 121 cm³/mol. The molecule has 2 aromatic rings. The number of halogens is 1. The van der Waals surface area contributed by atoms with Crippen LogP contribution in [0.1, 0.15) is 13.3 Å². The second-order valence-electron chi connectivity index (χ2n) is 6.38. The van der Waals surface area contributed by atoms with Gasteiger partial charge in [0.15, 0.2) is 0 Å². The summed E-state index contributed by atoms with van der Waals surface area (Å²) >= 11 is 5.94. The molecule has 0 aliphatic carbocycles. The average molecular weight is 463 g/mol. The van der Waals surface area contributed by atoms with E-state index in [4.69, 9.17) is 25.8 Å². The van der Waals surface area contributed by atoms with Gasteiger partial charge in [0.25, 0.3) is 0 Å². The van der Waals surface area contributed by atoms with E-state index >= 15 is 0 Å². The molecule has 0 heterocycles. The van der Waals surface area contributed by atoms with Gasteiger partial charge >= 0.3 is 11.8 Å². The lowest BCUT2D eigenvalue weighted by molar-refractivity contribution is -0.136. The lowest BCUT2D eigenvalue weighted by Crippen LogP contribution is -2.33. The van der Waals surface area contributed by atoms with Crippen LogP contribution in [0.5, 0.6) is 17.2 Å². The van der Waals surface area contributed by atoms with E-state index < -0.39 is 17.7 Å². The Kier molecular flexibility index (Phi) is 8.84. The normalized spacial score (nSPS) is 10.7. The zero-order valence-electron chi connectivity index (χ0n) is 17.9. The Labute approximate surface area is 189 Å². The van der Waals surface area contributed by atoms with Crippen LogP contribution in [0.25, 0.3) is 0 Å². The number of nitrogens with zero attached hydrogens (tertiary/aromatic N) is 1. The summed E-state index contributed by atoms with van der Waals surface area (Å²) in [5.41, 5.74) is 3.02. The zero-order chi connectivity index (χ0) is 23.7.